The average Bonchev–Trinajstić information content (AvgIpc) is 2.45. The number of pyridine rings is 1. The van der Waals surface area contributed by atoms with Gasteiger partial charge in [0.15, 0.2) is 0 Å². The number of carbonyl (C=O) groups excluding carboxylic acids is 1. The summed E-state index contributed by atoms with van der Waals surface area (Å²) in [6.45, 7) is 8.00. The van der Waals surface area contributed by atoms with Gasteiger partial charge in [-0.2, -0.15) is 0 Å². The Balaban J connectivity index is 2.11. The molecule has 0 fully saturated rings. The van der Waals surface area contributed by atoms with Crippen LogP contribution in [-0.4, -0.2) is 16.4 Å². The third-order valence-corrected chi connectivity index (χ3v) is 3.40. The van der Waals surface area contributed by atoms with Crippen LogP contribution in [0.15, 0.2) is 42.6 Å². The lowest BCUT2D eigenvalue weighted by Crippen LogP contribution is -2.41. The van der Waals surface area contributed by atoms with Crippen molar-refractivity contribution in [2.45, 2.75) is 46.1 Å². The summed E-state index contributed by atoms with van der Waals surface area (Å²) in [7, 11) is 0. The van der Waals surface area contributed by atoms with Crippen molar-refractivity contribution in [3.63, 3.8) is 0 Å². The quantitative estimate of drug-likeness (QED) is 0.934. The summed E-state index contributed by atoms with van der Waals surface area (Å²) >= 11 is 0. The number of nitrogens with one attached hydrogen (secondary N) is 1. The Hall–Kier alpha value is -2.16. The van der Waals surface area contributed by atoms with E-state index in [0.29, 0.717) is 5.69 Å². The smallest absolute Gasteiger partial charge is 0.270 e. The van der Waals surface area contributed by atoms with Crippen molar-refractivity contribution in [2.24, 2.45) is 0 Å². The second-order valence-corrected chi connectivity index (χ2v) is 6.70. The first-order chi connectivity index (χ1) is 10.3. The number of aryl methyl sites for hydroxylation is 3. The maximum atomic E-state index is 12.4. The van der Waals surface area contributed by atoms with E-state index in [1.54, 1.807) is 6.20 Å². The molecule has 0 atom stereocenters. The van der Waals surface area contributed by atoms with Gasteiger partial charge in [-0.25, -0.2) is 0 Å². The molecule has 116 valence electrons. The van der Waals surface area contributed by atoms with Gasteiger partial charge in [-0.1, -0.05) is 35.9 Å². The first kappa shape index (κ1) is 16.2. The normalized spacial score (nSPS) is 11.3. The van der Waals surface area contributed by atoms with Crippen molar-refractivity contribution < 1.29 is 4.79 Å². The van der Waals surface area contributed by atoms with E-state index in [0.717, 1.165) is 18.4 Å². The van der Waals surface area contributed by atoms with Crippen molar-refractivity contribution >= 4 is 5.91 Å². The molecule has 0 bridgehead atoms. The van der Waals surface area contributed by atoms with Crippen molar-refractivity contribution in [3.05, 3.63) is 65.0 Å². The molecule has 1 aromatic heterocycles. The number of carbonyl (C=O) groups is 1. The molecule has 22 heavy (non-hydrogen) atoms. The molecule has 0 radical (unpaired) electrons. The molecular formula is C19H24N2O. The second kappa shape index (κ2) is 6.73. The Morgan fingerprint density at radius 2 is 1.77 bits per heavy atom. The lowest BCUT2D eigenvalue weighted by atomic mass is 10.0. The van der Waals surface area contributed by atoms with E-state index in [2.05, 4.69) is 41.5 Å². The summed E-state index contributed by atoms with van der Waals surface area (Å²) < 4.78 is 0. The van der Waals surface area contributed by atoms with Gasteiger partial charge in [-0.05, 0) is 57.7 Å². The molecule has 0 saturated carbocycles. The van der Waals surface area contributed by atoms with Gasteiger partial charge in [-0.3, -0.25) is 9.78 Å². The van der Waals surface area contributed by atoms with Crippen LogP contribution in [0.2, 0.25) is 0 Å². The highest BCUT2D eigenvalue weighted by molar-refractivity contribution is 5.94. The van der Waals surface area contributed by atoms with Crippen molar-refractivity contribution in [2.75, 3.05) is 0 Å². The Bertz CT molecular complexity index is 639. The molecule has 0 aliphatic rings. The van der Waals surface area contributed by atoms with E-state index < -0.39 is 0 Å². The standard InChI is InChI=1S/C19H24N2O/c1-14-7-9-15(10-8-14)11-12-16-6-5-13-20-17(16)18(22)21-19(2,3)4/h5-10,13H,11-12H2,1-4H3,(H,21,22). The fourth-order valence-corrected chi connectivity index (χ4v) is 2.28. The Morgan fingerprint density at radius 1 is 1.09 bits per heavy atom. The van der Waals surface area contributed by atoms with Gasteiger partial charge >= 0.3 is 0 Å². The molecule has 1 heterocycles. The van der Waals surface area contributed by atoms with E-state index in [9.17, 15) is 4.79 Å². The highest BCUT2D eigenvalue weighted by Crippen LogP contribution is 2.13. The van der Waals surface area contributed by atoms with Gasteiger partial charge in [0.2, 0.25) is 0 Å². The van der Waals surface area contributed by atoms with Crippen LogP contribution in [-0.2, 0) is 12.8 Å². The zero-order valence-corrected chi connectivity index (χ0v) is 13.8. The first-order valence-electron chi connectivity index (χ1n) is 7.67. The lowest BCUT2D eigenvalue weighted by Gasteiger charge is -2.21. The van der Waals surface area contributed by atoms with Crippen LogP contribution < -0.4 is 5.32 Å². The molecule has 2 rings (SSSR count). The van der Waals surface area contributed by atoms with Gasteiger partial charge in [0.05, 0.1) is 0 Å². The highest BCUT2D eigenvalue weighted by atomic mass is 16.2. The van der Waals surface area contributed by atoms with E-state index in [1.807, 2.05) is 32.9 Å². The van der Waals surface area contributed by atoms with Crippen LogP contribution in [0.4, 0.5) is 0 Å². The number of aromatic nitrogens is 1. The van der Waals surface area contributed by atoms with Gasteiger partial charge in [0.1, 0.15) is 5.69 Å². The monoisotopic (exact) mass is 296 g/mol. The van der Waals surface area contributed by atoms with Gasteiger partial charge in [0.25, 0.3) is 5.91 Å². The minimum absolute atomic E-state index is 0.105. The maximum absolute atomic E-state index is 12.4. The van der Waals surface area contributed by atoms with Crippen molar-refractivity contribution in [1.29, 1.82) is 0 Å². The van der Waals surface area contributed by atoms with Gasteiger partial charge in [0, 0.05) is 11.7 Å². The Morgan fingerprint density at radius 3 is 2.41 bits per heavy atom. The predicted molar refractivity (Wildman–Crippen MR) is 90.0 cm³/mol. The third kappa shape index (κ3) is 4.69. The minimum atomic E-state index is -0.261. The highest BCUT2D eigenvalue weighted by Gasteiger charge is 2.18. The summed E-state index contributed by atoms with van der Waals surface area (Å²) in [6.07, 6.45) is 3.39. The van der Waals surface area contributed by atoms with Gasteiger partial charge in [-0.15, -0.1) is 0 Å². The fraction of sp³-hybridized carbons (Fsp3) is 0.368. The predicted octanol–water partition coefficient (Wildman–Crippen LogP) is 3.70. The second-order valence-electron chi connectivity index (χ2n) is 6.70. The molecule has 0 aliphatic heterocycles. The molecule has 0 unspecified atom stereocenters. The van der Waals surface area contributed by atoms with Gasteiger partial charge < -0.3 is 5.32 Å². The summed E-state index contributed by atoms with van der Waals surface area (Å²) in [5.74, 6) is -0.105. The van der Waals surface area contributed by atoms with Crippen molar-refractivity contribution in [3.8, 4) is 0 Å². The van der Waals surface area contributed by atoms with Crippen LogP contribution in [0.1, 0.15) is 48.0 Å². The van der Waals surface area contributed by atoms with E-state index >= 15 is 0 Å². The number of nitrogens with zero attached hydrogens (tertiary/aromatic N) is 1. The van der Waals surface area contributed by atoms with Crippen molar-refractivity contribution in [1.82, 2.24) is 10.3 Å². The summed E-state index contributed by atoms with van der Waals surface area (Å²) in [5, 5.41) is 2.98. The number of hydrogen-bond acceptors (Lipinski definition) is 2. The zero-order valence-electron chi connectivity index (χ0n) is 13.8. The van der Waals surface area contributed by atoms with Crippen LogP contribution in [0.5, 0.6) is 0 Å². The van der Waals surface area contributed by atoms with E-state index in [-0.39, 0.29) is 11.4 Å². The maximum Gasteiger partial charge on any atom is 0.270 e. The van der Waals surface area contributed by atoms with Crippen LogP contribution in [0, 0.1) is 6.92 Å². The molecule has 2 aromatic rings. The van der Waals surface area contributed by atoms with Crippen LogP contribution >= 0.6 is 0 Å². The fourth-order valence-electron chi connectivity index (χ4n) is 2.28. The number of rotatable bonds is 4. The molecule has 3 nitrogen and oxygen atoms in total. The molecule has 0 saturated heterocycles. The van der Waals surface area contributed by atoms with E-state index in [1.165, 1.54) is 11.1 Å². The molecule has 3 heteroatoms. The minimum Gasteiger partial charge on any atom is -0.346 e. The van der Waals surface area contributed by atoms with Crippen LogP contribution in [0.25, 0.3) is 0 Å². The van der Waals surface area contributed by atoms with E-state index in [4.69, 9.17) is 0 Å². The topological polar surface area (TPSA) is 42.0 Å². The van der Waals surface area contributed by atoms with Crippen LogP contribution in [0.3, 0.4) is 0 Å². The largest absolute Gasteiger partial charge is 0.346 e. The molecule has 1 N–H and O–H groups in total. The average molecular weight is 296 g/mol. The molecule has 0 spiro atoms. The third-order valence-electron chi connectivity index (χ3n) is 3.40. The molecule has 1 amide bonds. The summed E-state index contributed by atoms with van der Waals surface area (Å²) in [4.78, 5) is 16.6. The molecular weight excluding hydrogens is 272 g/mol. The number of hydrogen-bond donors (Lipinski definition) is 1. The first-order valence-corrected chi connectivity index (χ1v) is 7.67. The number of amides is 1. The molecule has 0 aliphatic carbocycles. The molecule has 1 aromatic carbocycles. The zero-order chi connectivity index (χ0) is 16.2. The number of benzene rings is 1. The summed E-state index contributed by atoms with van der Waals surface area (Å²) in [5.41, 5.74) is 3.80. The summed E-state index contributed by atoms with van der Waals surface area (Å²) in [6, 6.07) is 12.4. The Kier molecular flexibility index (Phi) is 4.96. The SMILES string of the molecule is Cc1ccc(CCc2cccnc2C(=O)NC(C)(C)C)cc1. The lowest BCUT2D eigenvalue weighted by molar-refractivity contribution is 0.0913. The Labute approximate surface area is 132 Å².